The topological polar surface area (TPSA) is 29.5 Å². The fourth-order valence-corrected chi connectivity index (χ4v) is 4.96. The molecule has 0 saturated carbocycles. The lowest BCUT2D eigenvalue weighted by molar-refractivity contribution is -0.154. The quantitative estimate of drug-likeness (QED) is 0.369. The minimum atomic E-state index is -0.624. The van der Waals surface area contributed by atoms with Gasteiger partial charge in [-0.25, -0.2) is 4.39 Å². The van der Waals surface area contributed by atoms with Gasteiger partial charge >= 0.3 is 5.97 Å². The summed E-state index contributed by atoms with van der Waals surface area (Å²) < 4.78 is 21.0. The van der Waals surface area contributed by atoms with Gasteiger partial charge < -0.3 is 4.74 Å². The number of fused-ring (bicyclic) bond motifs is 2. The maximum Gasteiger partial charge on any atom is 0.311 e. The molecule has 0 amide bonds. The molecule has 136 valence electrons. The first kappa shape index (κ1) is 19.5. The summed E-state index contributed by atoms with van der Waals surface area (Å²) in [4.78, 5) is 15.2. The Labute approximate surface area is 175 Å². The standard InChI is InChI=1S/C19H22FI2NO2/c20-8-11-25-19(24)18-16(13-2-4-14(22)5-3-13)12-15-6-7-17(18)23(15)10-1-9-21/h1-5,9,15-18H,6-8,10-12H2/b9-1+/t15-,16+,17+,18-/m0/s1/i20-1. The van der Waals surface area contributed by atoms with E-state index in [0.717, 1.165) is 25.8 Å². The van der Waals surface area contributed by atoms with Crippen molar-refractivity contribution in [1.29, 1.82) is 0 Å². The molecular weight excluding hydrogens is 546 g/mol. The Balaban J connectivity index is 1.88. The number of carbonyl (C=O) groups excluding carboxylic acids is 1. The predicted octanol–water partition coefficient (Wildman–Crippen LogP) is 4.69. The van der Waals surface area contributed by atoms with Crippen LogP contribution in [0.25, 0.3) is 0 Å². The molecule has 0 radical (unpaired) electrons. The van der Waals surface area contributed by atoms with Crippen molar-refractivity contribution in [2.75, 3.05) is 19.8 Å². The number of ether oxygens (including phenoxy) is 1. The number of benzene rings is 1. The van der Waals surface area contributed by atoms with Crippen LogP contribution in [0, 0.1) is 9.49 Å². The first-order chi connectivity index (χ1) is 12.2. The zero-order valence-corrected chi connectivity index (χ0v) is 18.2. The molecule has 6 heteroatoms. The molecule has 0 N–H and O–H groups in total. The van der Waals surface area contributed by atoms with Crippen LogP contribution in [-0.2, 0) is 9.53 Å². The van der Waals surface area contributed by atoms with Gasteiger partial charge in [0.25, 0.3) is 0 Å². The van der Waals surface area contributed by atoms with Gasteiger partial charge in [0, 0.05) is 28.1 Å². The van der Waals surface area contributed by atoms with Crippen molar-refractivity contribution >= 4 is 51.2 Å². The summed E-state index contributed by atoms with van der Waals surface area (Å²) >= 11 is 4.52. The van der Waals surface area contributed by atoms with Gasteiger partial charge in [-0.2, -0.15) is 0 Å². The number of carbonyl (C=O) groups is 1. The molecule has 0 aromatic heterocycles. The van der Waals surface area contributed by atoms with Crippen molar-refractivity contribution < 1.29 is 13.9 Å². The summed E-state index contributed by atoms with van der Waals surface area (Å²) in [6.45, 7) is 0.102. The fraction of sp³-hybridized carbons (Fsp3) is 0.526. The number of rotatable bonds is 6. The third-order valence-electron chi connectivity index (χ3n) is 5.36. The second kappa shape index (κ2) is 9.12. The minimum absolute atomic E-state index is 0.140. The molecule has 0 aliphatic carbocycles. The average molecular weight is 568 g/mol. The molecular formula is C19H22FI2NO2. The van der Waals surface area contributed by atoms with Crippen LogP contribution in [0.3, 0.4) is 0 Å². The Morgan fingerprint density at radius 3 is 2.76 bits per heavy atom. The highest BCUT2D eigenvalue weighted by Gasteiger charge is 2.50. The maximum atomic E-state index is 12.8. The molecule has 2 heterocycles. The molecule has 2 fully saturated rings. The van der Waals surface area contributed by atoms with E-state index in [1.807, 2.05) is 4.08 Å². The number of nitrogens with zero attached hydrogens (tertiary/aromatic N) is 1. The summed E-state index contributed by atoms with van der Waals surface area (Å²) in [5.74, 6) is -0.301. The van der Waals surface area contributed by atoms with Crippen molar-refractivity contribution in [1.82, 2.24) is 4.90 Å². The molecule has 0 unspecified atom stereocenters. The number of hydrogen-bond acceptors (Lipinski definition) is 3. The first-order valence-corrected chi connectivity index (χ1v) is 11.0. The highest BCUT2D eigenvalue weighted by Crippen LogP contribution is 2.47. The van der Waals surface area contributed by atoms with E-state index in [2.05, 4.69) is 80.4 Å². The minimum Gasteiger partial charge on any atom is -0.463 e. The molecule has 1 aromatic rings. The van der Waals surface area contributed by atoms with Gasteiger partial charge in [-0.3, -0.25) is 9.69 Å². The Morgan fingerprint density at radius 2 is 2.08 bits per heavy atom. The van der Waals surface area contributed by atoms with Crippen LogP contribution in [0.5, 0.6) is 0 Å². The van der Waals surface area contributed by atoms with Gasteiger partial charge in [0.15, 0.2) is 0 Å². The van der Waals surface area contributed by atoms with Gasteiger partial charge in [0.1, 0.15) is 13.3 Å². The zero-order chi connectivity index (χ0) is 17.8. The van der Waals surface area contributed by atoms with E-state index in [9.17, 15) is 9.18 Å². The molecule has 2 bridgehead atoms. The average Bonchev–Trinajstić information content (AvgIpc) is 2.89. The molecule has 1 aromatic carbocycles. The lowest BCUT2D eigenvalue weighted by Crippen LogP contribution is -2.51. The summed E-state index contributed by atoms with van der Waals surface area (Å²) in [7, 11) is 0. The van der Waals surface area contributed by atoms with E-state index in [0.29, 0.717) is 6.04 Å². The number of alkyl halides is 1. The van der Waals surface area contributed by atoms with Gasteiger partial charge in [-0.15, -0.1) is 0 Å². The third kappa shape index (κ3) is 4.37. The molecule has 2 aliphatic rings. The van der Waals surface area contributed by atoms with Gasteiger partial charge in [0.2, 0.25) is 0 Å². The van der Waals surface area contributed by atoms with Gasteiger partial charge in [0.05, 0.1) is 5.92 Å². The molecule has 2 aliphatic heterocycles. The van der Waals surface area contributed by atoms with Crippen LogP contribution in [0.2, 0.25) is 0 Å². The molecule has 3 rings (SSSR count). The smallest absolute Gasteiger partial charge is 0.311 e. The monoisotopic (exact) mass is 568 g/mol. The van der Waals surface area contributed by atoms with E-state index in [1.165, 1.54) is 9.13 Å². The largest absolute Gasteiger partial charge is 0.463 e. The highest BCUT2D eigenvalue weighted by atomic mass is 127. The number of esters is 1. The van der Waals surface area contributed by atoms with E-state index in [-0.39, 0.29) is 30.5 Å². The van der Waals surface area contributed by atoms with Crippen LogP contribution in [0.4, 0.5) is 4.39 Å². The Hall–Kier alpha value is -0.220. The van der Waals surface area contributed by atoms with Crippen LogP contribution >= 0.6 is 45.2 Å². The third-order valence-corrected chi connectivity index (χ3v) is 6.59. The van der Waals surface area contributed by atoms with Crippen LogP contribution in [0.15, 0.2) is 34.4 Å². The van der Waals surface area contributed by atoms with Crippen molar-refractivity contribution in [2.24, 2.45) is 5.92 Å². The van der Waals surface area contributed by atoms with Crippen LogP contribution in [-0.4, -0.2) is 42.8 Å². The van der Waals surface area contributed by atoms with Gasteiger partial charge in [-0.1, -0.05) is 40.8 Å². The summed E-state index contributed by atoms with van der Waals surface area (Å²) in [5, 5.41) is 0. The van der Waals surface area contributed by atoms with Crippen molar-refractivity contribution in [3.05, 3.63) is 43.6 Å². The molecule has 3 nitrogen and oxygen atoms in total. The Morgan fingerprint density at radius 1 is 1.32 bits per heavy atom. The van der Waals surface area contributed by atoms with E-state index < -0.39 is 6.67 Å². The van der Waals surface area contributed by atoms with Crippen molar-refractivity contribution in [2.45, 2.75) is 37.3 Å². The van der Waals surface area contributed by atoms with E-state index in [1.54, 1.807) is 0 Å². The lowest BCUT2D eigenvalue weighted by Gasteiger charge is -2.43. The number of halogens is 3. The lowest BCUT2D eigenvalue weighted by atomic mass is 9.76. The Bertz CT molecular complexity index is 622. The van der Waals surface area contributed by atoms with Crippen molar-refractivity contribution in [3.63, 3.8) is 0 Å². The summed E-state index contributed by atoms with van der Waals surface area (Å²) in [6, 6.07) is 9.12. The molecule has 2 saturated heterocycles. The van der Waals surface area contributed by atoms with E-state index >= 15 is 0 Å². The number of hydrogen-bond donors (Lipinski definition) is 0. The summed E-state index contributed by atoms with van der Waals surface area (Å²) in [5.41, 5.74) is 1.20. The Kier molecular flexibility index (Phi) is 7.13. The van der Waals surface area contributed by atoms with Crippen molar-refractivity contribution in [3.8, 4) is 0 Å². The fourth-order valence-electron chi connectivity index (χ4n) is 4.37. The predicted molar refractivity (Wildman–Crippen MR) is 114 cm³/mol. The summed E-state index contributed by atoms with van der Waals surface area (Å²) in [6.07, 6.45) is 5.23. The highest BCUT2D eigenvalue weighted by molar-refractivity contribution is 14.1. The second-order valence-electron chi connectivity index (χ2n) is 6.63. The normalized spacial score (nSPS) is 29.2. The molecule has 25 heavy (non-hydrogen) atoms. The number of piperidine rings is 1. The zero-order valence-electron chi connectivity index (χ0n) is 13.9. The molecule has 4 atom stereocenters. The second-order valence-corrected chi connectivity index (χ2v) is 8.60. The van der Waals surface area contributed by atoms with E-state index in [4.69, 9.17) is 4.74 Å². The van der Waals surface area contributed by atoms with Gasteiger partial charge in [-0.05, 0) is 63.6 Å². The maximum absolute atomic E-state index is 12.8. The first-order valence-electron chi connectivity index (χ1n) is 8.64. The molecule has 0 spiro atoms. The van der Waals surface area contributed by atoms with Crippen LogP contribution in [0.1, 0.15) is 30.7 Å². The SMILES string of the molecule is O=C(OCC[18F])[C@H]1[C@@H](c2ccc(I)cc2)C[C@@H]2CC[C@H]1N2C/C=C/I. The van der Waals surface area contributed by atoms with Crippen LogP contribution < -0.4 is 0 Å².